The number of aliphatic carboxylic acids is 1. The van der Waals surface area contributed by atoms with Gasteiger partial charge < -0.3 is 5.11 Å². The lowest BCUT2D eigenvalue weighted by Gasteiger charge is -2.11. The molecule has 1 unspecified atom stereocenters. The quantitative estimate of drug-likeness (QED) is 0.789. The van der Waals surface area contributed by atoms with E-state index >= 15 is 0 Å². The smallest absolute Gasteiger partial charge is 0.343 e. The lowest BCUT2D eigenvalue weighted by Crippen LogP contribution is -2.17. The van der Waals surface area contributed by atoms with E-state index in [1.54, 1.807) is 12.1 Å². The molecule has 1 aromatic carbocycles. The Morgan fingerprint density at radius 2 is 2.15 bits per heavy atom. The number of thioether (sulfide) groups is 1. The number of benzene rings is 1. The second-order valence-electron chi connectivity index (χ2n) is 4.17. The van der Waals surface area contributed by atoms with Crippen molar-refractivity contribution in [1.29, 1.82) is 0 Å². The summed E-state index contributed by atoms with van der Waals surface area (Å²) in [5.41, 5.74) is 0.468. The molecule has 0 bridgehead atoms. The van der Waals surface area contributed by atoms with Crippen molar-refractivity contribution in [3.8, 4) is 0 Å². The van der Waals surface area contributed by atoms with Crippen LogP contribution in [0.2, 0.25) is 0 Å². The summed E-state index contributed by atoms with van der Waals surface area (Å²) in [6.07, 6.45) is 0. The molecule has 0 amide bonds. The number of aromatic nitrogens is 3. The van der Waals surface area contributed by atoms with Gasteiger partial charge in [0.25, 0.3) is 0 Å². The molecule has 0 aliphatic heterocycles. The number of rotatable bonds is 6. The molecule has 0 fully saturated rings. The molecule has 0 spiro atoms. The summed E-state index contributed by atoms with van der Waals surface area (Å²) in [6, 6.07) is 9.05. The molecule has 7 heteroatoms. The van der Waals surface area contributed by atoms with E-state index in [1.807, 2.05) is 25.1 Å². The van der Waals surface area contributed by atoms with Gasteiger partial charge in [0.05, 0.1) is 5.92 Å². The summed E-state index contributed by atoms with van der Waals surface area (Å²) in [6.45, 7) is 2.34. The van der Waals surface area contributed by atoms with Crippen LogP contribution in [0.25, 0.3) is 0 Å². The van der Waals surface area contributed by atoms with E-state index in [-0.39, 0.29) is 5.69 Å². The van der Waals surface area contributed by atoms with Gasteiger partial charge in [-0.05, 0) is 12.5 Å². The van der Waals surface area contributed by atoms with Crippen molar-refractivity contribution in [3.05, 3.63) is 46.4 Å². The Kier molecular flexibility index (Phi) is 4.62. The number of hydrogen-bond donors (Lipinski definition) is 2. The third-order valence-electron chi connectivity index (χ3n) is 2.92. The molecule has 2 rings (SSSR count). The second-order valence-corrected chi connectivity index (χ2v) is 5.16. The van der Waals surface area contributed by atoms with Crippen LogP contribution in [0.1, 0.15) is 18.4 Å². The molecule has 0 aliphatic carbocycles. The molecule has 20 heavy (non-hydrogen) atoms. The van der Waals surface area contributed by atoms with Crippen LogP contribution in [0.4, 0.5) is 0 Å². The molecule has 1 aromatic heterocycles. The maximum absolute atomic E-state index is 11.4. The van der Waals surface area contributed by atoms with E-state index in [1.165, 1.54) is 16.3 Å². The molecule has 2 aromatic rings. The molecular formula is C13H15N3O3S. The second kappa shape index (κ2) is 6.42. The molecular weight excluding hydrogens is 278 g/mol. The van der Waals surface area contributed by atoms with Gasteiger partial charge in [0.2, 0.25) is 0 Å². The third-order valence-corrected chi connectivity index (χ3v) is 3.99. The third kappa shape index (κ3) is 3.11. The van der Waals surface area contributed by atoms with Crippen LogP contribution in [0.5, 0.6) is 0 Å². The molecule has 0 aliphatic rings. The molecule has 0 radical (unpaired) electrons. The predicted octanol–water partition coefficient (Wildman–Crippen LogP) is 1.55. The zero-order valence-electron chi connectivity index (χ0n) is 10.9. The van der Waals surface area contributed by atoms with Crippen molar-refractivity contribution in [2.45, 2.75) is 24.5 Å². The molecule has 0 saturated heterocycles. The van der Waals surface area contributed by atoms with Gasteiger partial charge in [0, 0.05) is 12.3 Å². The first-order chi connectivity index (χ1) is 9.63. The van der Waals surface area contributed by atoms with E-state index in [9.17, 15) is 14.7 Å². The number of carboxylic acids is 1. The maximum Gasteiger partial charge on any atom is 0.343 e. The van der Waals surface area contributed by atoms with E-state index in [0.29, 0.717) is 17.5 Å². The van der Waals surface area contributed by atoms with Gasteiger partial charge in [0.1, 0.15) is 0 Å². The predicted molar refractivity (Wildman–Crippen MR) is 76.1 cm³/mol. The van der Waals surface area contributed by atoms with Crippen LogP contribution in [0.3, 0.4) is 0 Å². The minimum atomic E-state index is -0.885. The van der Waals surface area contributed by atoms with Crippen LogP contribution in [-0.4, -0.2) is 31.6 Å². The topological polar surface area (TPSA) is 88.0 Å². The molecule has 106 valence electrons. The molecule has 2 N–H and O–H groups in total. The SMILES string of the molecule is CCn1c(SCC(C(=O)O)c2ccccc2)n[nH]c1=O. The van der Waals surface area contributed by atoms with Crippen LogP contribution in [0.15, 0.2) is 40.3 Å². The number of aromatic amines is 1. The lowest BCUT2D eigenvalue weighted by atomic mass is 10.0. The normalized spacial score (nSPS) is 12.2. The fraction of sp³-hybridized carbons (Fsp3) is 0.308. The highest BCUT2D eigenvalue weighted by Gasteiger charge is 2.21. The van der Waals surface area contributed by atoms with Crippen molar-refractivity contribution in [2.24, 2.45) is 0 Å². The highest BCUT2D eigenvalue weighted by Crippen LogP contribution is 2.24. The Labute approximate surface area is 119 Å². The van der Waals surface area contributed by atoms with Gasteiger partial charge in [-0.15, -0.1) is 5.10 Å². The highest BCUT2D eigenvalue weighted by atomic mass is 32.2. The molecule has 0 saturated carbocycles. The van der Waals surface area contributed by atoms with Crippen LogP contribution in [0, 0.1) is 0 Å². The minimum Gasteiger partial charge on any atom is -0.481 e. The minimum absolute atomic E-state index is 0.276. The van der Waals surface area contributed by atoms with Crippen molar-refractivity contribution in [3.63, 3.8) is 0 Å². The molecule has 1 atom stereocenters. The zero-order valence-corrected chi connectivity index (χ0v) is 11.8. The lowest BCUT2D eigenvalue weighted by molar-refractivity contribution is -0.138. The first-order valence-electron chi connectivity index (χ1n) is 6.19. The summed E-state index contributed by atoms with van der Waals surface area (Å²) in [4.78, 5) is 22.8. The van der Waals surface area contributed by atoms with Gasteiger partial charge >= 0.3 is 11.7 Å². The number of carbonyl (C=O) groups is 1. The summed E-state index contributed by atoms with van der Waals surface area (Å²) in [7, 11) is 0. The van der Waals surface area contributed by atoms with Crippen molar-refractivity contribution in [1.82, 2.24) is 14.8 Å². The number of nitrogens with one attached hydrogen (secondary N) is 1. The largest absolute Gasteiger partial charge is 0.481 e. The van der Waals surface area contributed by atoms with E-state index in [2.05, 4.69) is 10.2 Å². The van der Waals surface area contributed by atoms with Crippen molar-refractivity contribution >= 4 is 17.7 Å². The average molecular weight is 293 g/mol. The molecule has 1 heterocycles. The fourth-order valence-corrected chi connectivity index (χ4v) is 2.97. The van der Waals surface area contributed by atoms with Crippen molar-refractivity contribution < 1.29 is 9.90 Å². The first-order valence-corrected chi connectivity index (χ1v) is 7.17. The maximum atomic E-state index is 11.4. The van der Waals surface area contributed by atoms with Gasteiger partial charge in [-0.3, -0.25) is 9.36 Å². The Morgan fingerprint density at radius 1 is 1.45 bits per heavy atom. The van der Waals surface area contributed by atoms with Crippen LogP contribution in [-0.2, 0) is 11.3 Å². The summed E-state index contributed by atoms with van der Waals surface area (Å²) in [5, 5.41) is 16.1. The Hall–Kier alpha value is -2.02. The summed E-state index contributed by atoms with van der Waals surface area (Å²) < 4.78 is 1.48. The fourth-order valence-electron chi connectivity index (χ4n) is 1.85. The van der Waals surface area contributed by atoms with Crippen LogP contribution < -0.4 is 5.69 Å². The highest BCUT2D eigenvalue weighted by molar-refractivity contribution is 7.99. The van der Waals surface area contributed by atoms with Gasteiger partial charge in [-0.2, -0.15) is 0 Å². The van der Waals surface area contributed by atoms with E-state index < -0.39 is 11.9 Å². The number of carboxylic acid groups (broad SMARTS) is 1. The van der Waals surface area contributed by atoms with E-state index in [0.717, 1.165) is 5.56 Å². The summed E-state index contributed by atoms with van der Waals surface area (Å²) >= 11 is 1.26. The first kappa shape index (κ1) is 14.4. The average Bonchev–Trinajstić information content (AvgIpc) is 2.80. The monoisotopic (exact) mass is 293 g/mol. The Bertz CT molecular complexity index is 636. The zero-order chi connectivity index (χ0) is 14.5. The van der Waals surface area contributed by atoms with Gasteiger partial charge in [-0.1, -0.05) is 42.1 Å². The van der Waals surface area contributed by atoms with Crippen LogP contribution >= 0.6 is 11.8 Å². The van der Waals surface area contributed by atoms with Crippen molar-refractivity contribution in [2.75, 3.05) is 5.75 Å². The number of nitrogens with zero attached hydrogens (tertiary/aromatic N) is 2. The number of hydrogen-bond acceptors (Lipinski definition) is 4. The van der Waals surface area contributed by atoms with Gasteiger partial charge in [-0.25, -0.2) is 9.89 Å². The van der Waals surface area contributed by atoms with Gasteiger partial charge in [0.15, 0.2) is 5.16 Å². The Morgan fingerprint density at radius 3 is 2.75 bits per heavy atom. The van der Waals surface area contributed by atoms with E-state index in [4.69, 9.17) is 0 Å². The number of H-pyrrole nitrogens is 1. The molecule has 6 nitrogen and oxygen atoms in total. The summed E-state index contributed by atoms with van der Waals surface area (Å²) in [5.74, 6) is -1.19. The standard InChI is InChI=1S/C13H15N3O3S/c1-2-16-12(19)14-15-13(16)20-8-10(11(17)18)9-6-4-3-5-7-9/h3-7,10H,2,8H2,1H3,(H,14,19)(H,17,18). The Balaban J connectivity index is 2.14.